The molecular formula is C26H34N6O5. The molecule has 0 spiro atoms. The number of aromatic amines is 1. The molecule has 3 amide bonds. The number of allylic oxidation sites excluding steroid dienone is 1. The maximum absolute atomic E-state index is 12.6. The van der Waals surface area contributed by atoms with Crippen LogP contribution in [0.15, 0.2) is 53.9 Å². The van der Waals surface area contributed by atoms with E-state index in [0.717, 1.165) is 36.9 Å². The molecular weight excluding hydrogens is 476 g/mol. The molecule has 11 nitrogen and oxygen atoms in total. The highest BCUT2D eigenvalue weighted by molar-refractivity contribution is 5.84. The number of unbranched alkanes of at least 4 members (excludes halogenated alkanes) is 2. The number of likely N-dealkylation sites (tertiary alicyclic amines) is 1. The van der Waals surface area contributed by atoms with Crippen molar-refractivity contribution in [3.63, 3.8) is 0 Å². The summed E-state index contributed by atoms with van der Waals surface area (Å²) < 4.78 is 5.18. The summed E-state index contributed by atoms with van der Waals surface area (Å²) in [7, 11) is 0. The van der Waals surface area contributed by atoms with Crippen molar-refractivity contribution < 1.29 is 19.1 Å². The van der Waals surface area contributed by atoms with E-state index in [2.05, 4.69) is 27.2 Å². The summed E-state index contributed by atoms with van der Waals surface area (Å²) in [6.45, 7) is 4.21. The third-order valence-electron chi connectivity index (χ3n) is 6.09. The highest BCUT2D eigenvalue weighted by Crippen LogP contribution is 2.20. The molecule has 0 bridgehead atoms. The zero-order chi connectivity index (χ0) is 26.6. The van der Waals surface area contributed by atoms with Crippen LogP contribution in [0.25, 0.3) is 10.9 Å². The van der Waals surface area contributed by atoms with Crippen molar-refractivity contribution in [1.29, 1.82) is 0 Å². The van der Waals surface area contributed by atoms with Crippen molar-refractivity contribution >= 4 is 28.8 Å². The number of alkyl carbamates (subject to hydrolysis) is 1. The number of hydrogen-bond acceptors (Lipinski definition) is 7. The van der Waals surface area contributed by atoms with Crippen molar-refractivity contribution in [3.05, 3.63) is 65.0 Å². The number of fused-ring (bicyclic) bond motifs is 1. The van der Waals surface area contributed by atoms with Gasteiger partial charge in [0.15, 0.2) is 0 Å². The SMILES string of the molecule is C=CCC(N/C=C1/CCCN1C(=O)CNC(=O)OCCCCCc1ccc2nc[nH]c(=O)c2c1)C(N)=O. The van der Waals surface area contributed by atoms with Crippen LogP contribution in [0.2, 0.25) is 0 Å². The van der Waals surface area contributed by atoms with Crippen molar-refractivity contribution in [2.45, 2.75) is 51.0 Å². The lowest BCUT2D eigenvalue weighted by Crippen LogP contribution is -2.40. The van der Waals surface area contributed by atoms with Gasteiger partial charge >= 0.3 is 6.09 Å². The van der Waals surface area contributed by atoms with Gasteiger partial charge in [0, 0.05) is 18.4 Å². The van der Waals surface area contributed by atoms with E-state index < -0.39 is 18.0 Å². The van der Waals surface area contributed by atoms with Crippen LogP contribution in [0.3, 0.4) is 0 Å². The Bertz CT molecular complexity index is 1210. The molecule has 0 radical (unpaired) electrons. The van der Waals surface area contributed by atoms with Gasteiger partial charge in [-0.15, -0.1) is 6.58 Å². The number of primary amides is 1. The first-order chi connectivity index (χ1) is 17.9. The lowest BCUT2D eigenvalue weighted by atomic mass is 10.1. The smallest absolute Gasteiger partial charge is 0.407 e. The monoisotopic (exact) mass is 510 g/mol. The van der Waals surface area contributed by atoms with Crippen LogP contribution in [0.5, 0.6) is 0 Å². The summed E-state index contributed by atoms with van der Waals surface area (Å²) in [5.74, 6) is -0.758. The molecule has 1 aliphatic heterocycles. The molecule has 1 aromatic heterocycles. The predicted octanol–water partition coefficient (Wildman–Crippen LogP) is 1.85. The summed E-state index contributed by atoms with van der Waals surface area (Å²) in [5, 5.41) is 6.02. The third kappa shape index (κ3) is 8.19. The maximum atomic E-state index is 12.6. The standard InChI is InChI=1S/C26H34N6O5/c1-2-7-22(24(27)34)28-15-19-9-6-12-32(19)23(33)16-29-26(36)37-13-5-3-4-8-18-10-11-21-20(14-18)25(35)31-17-30-21/h2,10-11,14-15,17,22,28H,1,3-9,12-13,16H2,(H2,27,34)(H,29,36)(H,30,31,35)/b19-15-. The maximum Gasteiger partial charge on any atom is 0.407 e. The fourth-order valence-electron chi connectivity index (χ4n) is 4.10. The molecule has 3 rings (SSSR count). The minimum absolute atomic E-state index is 0.154. The molecule has 2 aromatic rings. The third-order valence-corrected chi connectivity index (χ3v) is 6.09. The normalized spacial score (nSPS) is 14.9. The van der Waals surface area contributed by atoms with Gasteiger partial charge in [0.2, 0.25) is 11.8 Å². The average Bonchev–Trinajstić information content (AvgIpc) is 3.36. The van der Waals surface area contributed by atoms with E-state index in [4.69, 9.17) is 10.5 Å². The van der Waals surface area contributed by atoms with E-state index >= 15 is 0 Å². The van der Waals surface area contributed by atoms with Gasteiger partial charge in [-0.25, -0.2) is 9.78 Å². The first-order valence-electron chi connectivity index (χ1n) is 12.4. The van der Waals surface area contributed by atoms with Crippen LogP contribution < -0.4 is 21.9 Å². The van der Waals surface area contributed by atoms with Gasteiger partial charge in [0.05, 0.1) is 23.8 Å². The Morgan fingerprint density at radius 1 is 1.27 bits per heavy atom. The van der Waals surface area contributed by atoms with E-state index in [1.54, 1.807) is 17.2 Å². The van der Waals surface area contributed by atoms with Crippen molar-refractivity contribution in [3.8, 4) is 0 Å². The number of H-pyrrole nitrogens is 1. The van der Waals surface area contributed by atoms with Crippen LogP contribution >= 0.6 is 0 Å². The van der Waals surface area contributed by atoms with E-state index in [1.165, 1.54) is 6.33 Å². The number of benzene rings is 1. The fraction of sp³-hybridized carbons (Fsp3) is 0.423. The molecule has 5 N–H and O–H groups in total. The Morgan fingerprint density at radius 3 is 2.89 bits per heavy atom. The number of ether oxygens (including phenoxy) is 1. The summed E-state index contributed by atoms with van der Waals surface area (Å²) >= 11 is 0. The molecule has 1 unspecified atom stereocenters. The second kappa shape index (κ2) is 13.8. The van der Waals surface area contributed by atoms with E-state index in [9.17, 15) is 19.2 Å². The van der Waals surface area contributed by atoms with Crippen molar-refractivity contribution in [2.24, 2.45) is 5.73 Å². The second-order valence-electron chi connectivity index (χ2n) is 8.81. The summed E-state index contributed by atoms with van der Waals surface area (Å²) in [6, 6.07) is 5.07. The molecule has 11 heteroatoms. The molecule has 0 saturated carbocycles. The number of amides is 3. The van der Waals surface area contributed by atoms with Crippen LogP contribution in [-0.2, 0) is 20.7 Å². The van der Waals surface area contributed by atoms with Gasteiger partial charge in [-0.3, -0.25) is 14.4 Å². The number of hydrogen-bond donors (Lipinski definition) is 4. The molecule has 1 atom stereocenters. The van der Waals surface area contributed by atoms with Gasteiger partial charge in [0.1, 0.15) is 12.6 Å². The number of nitrogens with one attached hydrogen (secondary N) is 3. The zero-order valence-corrected chi connectivity index (χ0v) is 20.8. The van der Waals surface area contributed by atoms with Crippen LogP contribution in [0.1, 0.15) is 44.1 Å². The largest absolute Gasteiger partial charge is 0.450 e. The fourth-order valence-corrected chi connectivity index (χ4v) is 4.10. The van der Waals surface area contributed by atoms with Gasteiger partial charge in [-0.2, -0.15) is 0 Å². The molecule has 1 aromatic carbocycles. The van der Waals surface area contributed by atoms with Gasteiger partial charge in [-0.1, -0.05) is 12.1 Å². The predicted molar refractivity (Wildman–Crippen MR) is 139 cm³/mol. The number of nitrogens with two attached hydrogens (primary N) is 1. The van der Waals surface area contributed by atoms with E-state index in [1.807, 2.05) is 18.2 Å². The molecule has 1 aliphatic rings. The molecule has 0 aliphatic carbocycles. The van der Waals surface area contributed by atoms with Crippen LogP contribution in [-0.4, -0.2) is 58.5 Å². The lowest BCUT2D eigenvalue weighted by molar-refractivity contribution is -0.127. The minimum Gasteiger partial charge on any atom is -0.450 e. The summed E-state index contributed by atoms with van der Waals surface area (Å²) in [6.07, 6.45) is 9.05. The van der Waals surface area contributed by atoms with Crippen molar-refractivity contribution in [2.75, 3.05) is 19.7 Å². The van der Waals surface area contributed by atoms with Crippen molar-refractivity contribution in [1.82, 2.24) is 25.5 Å². The second-order valence-corrected chi connectivity index (χ2v) is 8.81. The number of aryl methyl sites for hydroxylation is 1. The first-order valence-corrected chi connectivity index (χ1v) is 12.4. The molecule has 37 heavy (non-hydrogen) atoms. The number of rotatable bonds is 13. The zero-order valence-electron chi connectivity index (χ0n) is 20.8. The van der Waals surface area contributed by atoms with Gasteiger partial charge in [0.25, 0.3) is 5.56 Å². The molecule has 198 valence electrons. The van der Waals surface area contributed by atoms with E-state index in [0.29, 0.717) is 36.7 Å². The Morgan fingerprint density at radius 2 is 2.11 bits per heavy atom. The topological polar surface area (TPSA) is 160 Å². The average molecular weight is 511 g/mol. The Kier molecular flexibility index (Phi) is 10.2. The number of nitrogens with zero attached hydrogens (tertiary/aromatic N) is 2. The number of carbonyl (C=O) groups is 3. The quantitative estimate of drug-likeness (QED) is 0.236. The summed E-state index contributed by atoms with van der Waals surface area (Å²) in [5.41, 5.74) is 7.67. The lowest BCUT2D eigenvalue weighted by Gasteiger charge is -2.20. The van der Waals surface area contributed by atoms with Gasteiger partial charge in [-0.05, 0) is 62.6 Å². The molecule has 1 fully saturated rings. The Labute approximate surface area is 215 Å². The van der Waals surface area contributed by atoms with Crippen LogP contribution in [0, 0.1) is 0 Å². The number of carbonyl (C=O) groups excluding carboxylic acids is 3. The Hall–Kier alpha value is -4.15. The Balaban J connectivity index is 1.32. The first kappa shape index (κ1) is 27.4. The van der Waals surface area contributed by atoms with Gasteiger partial charge < -0.3 is 31.0 Å². The molecule has 2 heterocycles. The highest BCUT2D eigenvalue weighted by Gasteiger charge is 2.24. The number of aromatic nitrogens is 2. The summed E-state index contributed by atoms with van der Waals surface area (Å²) in [4.78, 5) is 56.2. The van der Waals surface area contributed by atoms with Crippen LogP contribution in [0.4, 0.5) is 4.79 Å². The van der Waals surface area contributed by atoms with E-state index in [-0.39, 0.29) is 24.6 Å². The molecule has 1 saturated heterocycles. The minimum atomic E-state index is -0.641. The highest BCUT2D eigenvalue weighted by atomic mass is 16.5.